The molecule has 0 aliphatic carbocycles. The molecule has 0 spiro atoms. The predicted octanol–water partition coefficient (Wildman–Crippen LogP) is 11.4. The van der Waals surface area contributed by atoms with Crippen LogP contribution in [0.2, 0.25) is 0 Å². The lowest BCUT2D eigenvalue weighted by atomic mass is 10.0. The highest BCUT2D eigenvalue weighted by molar-refractivity contribution is 5.70. The minimum Gasteiger partial charge on any atom is -0.462 e. The van der Waals surface area contributed by atoms with Crippen LogP contribution >= 0.6 is 0 Å². The van der Waals surface area contributed by atoms with E-state index in [-0.39, 0.29) is 25.2 Å². The maximum absolute atomic E-state index is 12.1. The van der Waals surface area contributed by atoms with Crippen molar-refractivity contribution >= 4 is 11.9 Å². The molecule has 0 aliphatic rings. The summed E-state index contributed by atoms with van der Waals surface area (Å²) >= 11 is 0. The topological polar surface area (TPSA) is 72.8 Å². The zero-order valence-electron chi connectivity index (χ0n) is 29.2. The quantitative estimate of drug-likeness (QED) is 0.0579. The summed E-state index contributed by atoms with van der Waals surface area (Å²) in [6, 6.07) is 0. The van der Waals surface area contributed by atoms with Crippen molar-refractivity contribution < 1.29 is 24.2 Å². The molecule has 0 aromatic rings. The maximum atomic E-state index is 12.1. The molecular weight excluding hydrogens is 536 g/mol. The van der Waals surface area contributed by atoms with Gasteiger partial charge in [0.2, 0.25) is 0 Å². The molecule has 256 valence electrons. The number of carbonyl (C=O) groups excluding carboxylic acids is 2. The van der Waals surface area contributed by atoms with E-state index in [4.69, 9.17) is 9.47 Å². The molecule has 0 rings (SSSR count). The summed E-state index contributed by atoms with van der Waals surface area (Å²) in [5.74, 6) is 0.237. The molecular formula is C38H74O5. The van der Waals surface area contributed by atoms with Gasteiger partial charge >= 0.3 is 11.9 Å². The van der Waals surface area contributed by atoms with E-state index in [9.17, 15) is 14.7 Å². The fourth-order valence-electron chi connectivity index (χ4n) is 5.68. The molecule has 0 aliphatic heterocycles. The van der Waals surface area contributed by atoms with E-state index in [1.807, 2.05) is 0 Å². The number of ether oxygens (including phenoxy) is 2. The summed E-state index contributed by atoms with van der Waals surface area (Å²) in [5, 5.41) is 9.52. The molecule has 0 fully saturated rings. The Morgan fingerprint density at radius 3 is 1.23 bits per heavy atom. The smallest absolute Gasteiger partial charge is 0.306 e. The molecule has 0 saturated carbocycles. The molecule has 5 heteroatoms. The highest BCUT2D eigenvalue weighted by atomic mass is 16.6. The van der Waals surface area contributed by atoms with Gasteiger partial charge in [0.25, 0.3) is 0 Å². The van der Waals surface area contributed by atoms with E-state index in [1.165, 1.54) is 141 Å². The van der Waals surface area contributed by atoms with Crippen LogP contribution in [0, 0.1) is 5.92 Å². The van der Waals surface area contributed by atoms with E-state index < -0.39 is 6.10 Å². The second-order valence-corrected chi connectivity index (χ2v) is 13.5. The van der Waals surface area contributed by atoms with Gasteiger partial charge in [-0.05, 0) is 18.8 Å². The third-order valence-electron chi connectivity index (χ3n) is 8.58. The first-order chi connectivity index (χ1) is 21.0. The predicted molar refractivity (Wildman–Crippen MR) is 182 cm³/mol. The van der Waals surface area contributed by atoms with Crippen molar-refractivity contribution in [2.45, 2.75) is 213 Å². The van der Waals surface area contributed by atoms with Crippen molar-refractivity contribution in [2.24, 2.45) is 5.92 Å². The zero-order valence-corrected chi connectivity index (χ0v) is 29.2. The number of carbonyl (C=O) groups is 2. The largest absolute Gasteiger partial charge is 0.462 e. The Balaban J connectivity index is 3.50. The van der Waals surface area contributed by atoms with E-state index in [0.29, 0.717) is 12.8 Å². The lowest BCUT2D eigenvalue weighted by Gasteiger charge is -2.15. The Morgan fingerprint density at radius 1 is 0.512 bits per heavy atom. The Bertz CT molecular complexity index is 591. The Labute approximate surface area is 268 Å². The van der Waals surface area contributed by atoms with Crippen LogP contribution in [0.1, 0.15) is 207 Å². The third-order valence-corrected chi connectivity index (χ3v) is 8.58. The summed E-state index contributed by atoms with van der Waals surface area (Å²) < 4.78 is 10.6. The van der Waals surface area contributed by atoms with Gasteiger partial charge < -0.3 is 14.6 Å². The SMILES string of the molecule is CCCCCCCCCCCCCCCCCCCC(=O)OC[C@H](CO)OC(=O)CCCCCCCCCCCC(C)C. The maximum Gasteiger partial charge on any atom is 0.306 e. The molecule has 0 radical (unpaired) electrons. The molecule has 1 atom stereocenters. The van der Waals surface area contributed by atoms with Gasteiger partial charge in [-0.3, -0.25) is 9.59 Å². The molecule has 43 heavy (non-hydrogen) atoms. The standard InChI is InChI=1S/C38H74O5/c1-4-5-6-7-8-9-10-11-12-13-14-15-16-19-22-25-28-31-37(40)42-34-36(33-39)43-38(41)32-29-26-23-20-17-18-21-24-27-30-35(2)3/h35-36,39H,4-34H2,1-3H3/t36-/m0/s1. The Kier molecular flexibility index (Phi) is 32.9. The number of rotatable bonds is 34. The molecule has 0 heterocycles. The van der Waals surface area contributed by atoms with E-state index >= 15 is 0 Å². The monoisotopic (exact) mass is 611 g/mol. The van der Waals surface area contributed by atoms with Crippen molar-refractivity contribution in [3.63, 3.8) is 0 Å². The zero-order chi connectivity index (χ0) is 31.6. The van der Waals surface area contributed by atoms with E-state index in [2.05, 4.69) is 20.8 Å². The molecule has 0 unspecified atom stereocenters. The van der Waals surface area contributed by atoms with Crippen LogP contribution in [0.25, 0.3) is 0 Å². The third kappa shape index (κ3) is 33.6. The van der Waals surface area contributed by atoms with Crippen LogP contribution in [-0.2, 0) is 19.1 Å². The van der Waals surface area contributed by atoms with E-state index in [1.54, 1.807) is 0 Å². The first kappa shape index (κ1) is 41.9. The molecule has 0 saturated heterocycles. The minimum atomic E-state index is -0.761. The summed E-state index contributed by atoms with van der Waals surface area (Å²) in [7, 11) is 0. The van der Waals surface area contributed by atoms with Crippen LogP contribution in [-0.4, -0.2) is 36.4 Å². The van der Waals surface area contributed by atoms with Gasteiger partial charge in [0.05, 0.1) is 6.61 Å². The molecule has 5 nitrogen and oxygen atoms in total. The fraction of sp³-hybridized carbons (Fsp3) is 0.947. The first-order valence-corrected chi connectivity index (χ1v) is 19.0. The number of aliphatic hydroxyl groups excluding tert-OH is 1. The number of esters is 2. The van der Waals surface area contributed by atoms with Gasteiger partial charge in [-0.25, -0.2) is 0 Å². The van der Waals surface area contributed by atoms with Crippen LogP contribution < -0.4 is 0 Å². The number of aliphatic hydroxyl groups is 1. The Morgan fingerprint density at radius 2 is 0.860 bits per heavy atom. The molecule has 0 amide bonds. The lowest BCUT2D eigenvalue weighted by molar-refractivity contribution is -0.161. The van der Waals surface area contributed by atoms with Crippen molar-refractivity contribution in [3.8, 4) is 0 Å². The minimum absolute atomic E-state index is 0.0583. The normalized spacial score (nSPS) is 12.1. The average Bonchev–Trinajstić information content (AvgIpc) is 2.99. The molecule has 0 aromatic heterocycles. The highest BCUT2D eigenvalue weighted by Crippen LogP contribution is 2.16. The van der Waals surface area contributed by atoms with Gasteiger partial charge in [0, 0.05) is 12.8 Å². The van der Waals surface area contributed by atoms with Crippen molar-refractivity contribution in [1.82, 2.24) is 0 Å². The van der Waals surface area contributed by atoms with Crippen LogP contribution in [0.3, 0.4) is 0 Å². The number of hydrogen-bond donors (Lipinski definition) is 1. The summed E-state index contributed by atoms with van der Waals surface area (Å²) in [6.07, 6.45) is 34.5. The van der Waals surface area contributed by atoms with Crippen LogP contribution in [0.4, 0.5) is 0 Å². The summed E-state index contributed by atoms with van der Waals surface area (Å²) in [4.78, 5) is 24.2. The highest BCUT2D eigenvalue weighted by Gasteiger charge is 2.16. The van der Waals surface area contributed by atoms with Crippen LogP contribution in [0.5, 0.6) is 0 Å². The second kappa shape index (κ2) is 33.8. The van der Waals surface area contributed by atoms with Gasteiger partial charge in [0.1, 0.15) is 6.61 Å². The van der Waals surface area contributed by atoms with Gasteiger partial charge in [-0.15, -0.1) is 0 Å². The van der Waals surface area contributed by atoms with Gasteiger partial charge in [0.15, 0.2) is 6.10 Å². The van der Waals surface area contributed by atoms with Crippen molar-refractivity contribution in [2.75, 3.05) is 13.2 Å². The molecule has 0 bridgehead atoms. The Hall–Kier alpha value is -1.10. The average molecular weight is 611 g/mol. The number of hydrogen-bond acceptors (Lipinski definition) is 5. The second-order valence-electron chi connectivity index (χ2n) is 13.5. The van der Waals surface area contributed by atoms with Crippen LogP contribution in [0.15, 0.2) is 0 Å². The van der Waals surface area contributed by atoms with Gasteiger partial charge in [-0.2, -0.15) is 0 Å². The molecule has 1 N–H and O–H groups in total. The number of unbranched alkanes of at least 4 members (excludes halogenated alkanes) is 24. The van der Waals surface area contributed by atoms with Crippen molar-refractivity contribution in [1.29, 1.82) is 0 Å². The fourth-order valence-corrected chi connectivity index (χ4v) is 5.68. The summed E-state index contributed by atoms with van der Waals surface area (Å²) in [5.41, 5.74) is 0. The van der Waals surface area contributed by atoms with Gasteiger partial charge in [-0.1, -0.05) is 181 Å². The van der Waals surface area contributed by atoms with E-state index in [0.717, 1.165) is 38.0 Å². The van der Waals surface area contributed by atoms with Crippen molar-refractivity contribution in [3.05, 3.63) is 0 Å². The summed E-state index contributed by atoms with van der Waals surface area (Å²) in [6.45, 7) is 6.47. The molecule has 0 aromatic carbocycles. The lowest BCUT2D eigenvalue weighted by Crippen LogP contribution is -2.28. The first-order valence-electron chi connectivity index (χ1n) is 19.0.